The molecule has 2 aliphatic rings. The van der Waals surface area contributed by atoms with Crippen LogP contribution >= 0.6 is 0 Å². The maximum atomic E-state index is 12.2. The molecule has 0 bridgehead atoms. The monoisotopic (exact) mass is 274 g/mol. The molecule has 106 valence electrons. The zero-order valence-electron chi connectivity index (χ0n) is 11.2. The number of hydrogen-bond acceptors (Lipinski definition) is 3. The fraction of sp³-hybridized carbons (Fsp3) is 0.467. The average Bonchev–Trinajstić information content (AvgIpc) is 2.82. The van der Waals surface area contributed by atoms with Crippen LogP contribution in [0.1, 0.15) is 24.3 Å². The number of anilines is 1. The third kappa shape index (κ3) is 2.18. The van der Waals surface area contributed by atoms with Crippen molar-refractivity contribution in [1.29, 1.82) is 0 Å². The molecule has 0 saturated carbocycles. The molecule has 20 heavy (non-hydrogen) atoms. The molecule has 0 aliphatic carbocycles. The number of aliphatic hydroxyl groups excluding tert-OH is 1. The first kappa shape index (κ1) is 13.1. The zero-order chi connectivity index (χ0) is 14.1. The van der Waals surface area contributed by atoms with Gasteiger partial charge in [0.2, 0.25) is 11.8 Å². The highest BCUT2D eigenvalue weighted by atomic mass is 16.3. The van der Waals surface area contributed by atoms with Crippen molar-refractivity contribution >= 4 is 17.5 Å². The lowest BCUT2D eigenvalue weighted by atomic mass is 9.81. The molecule has 1 atom stereocenters. The number of rotatable bonds is 2. The number of benzene rings is 1. The average molecular weight is 274 g/mol. The Morgan fingerprint density at radius 3 is 2.70 bits per heavy atom. The number of amides is 2. The van der Waals surface area contributed by atoms with Gasteiger partial charge in [0, 0.05) is 18.8 Å². The van der Waals surface area contributed by atoms with Crippen LogP contribution in [0, 0.1) is 5.92 Å². The molecule has 0 aromatic heterocycles. The quantitative estimate of drug-likeness (QED) is 0.843. The normalized spacial score (nSPS) is 22.6. The van der Waals surface area contributed by atoms with Crippen LogP contribution in [0.25, 0.3) is 0 Å². The summed E-state index contributed by atoms with van der Waals surface area (Å²) in [6.45, 7) is 0.809. The van der Waals surface area contributed by atoms with Crippen molar-refractivity contribution in [2.45, 2.75) is 18.8 Å². The van der Waals surface area contributed by atoms with Gasteiger partial charge in [0.1, 0.15) is 6.61 Å². The second-order valence-electron chi connectivity index (χ2n) is 5.43. The number of likely N-dealkylation sites (tertiary alicyclic amines) is 1. The number of carbonyl (C=O) groups is 2. The molecule has 2 aliphatic heterocycles. The Morgan fingerprint density at radius 2 is 2.00 bits per heavy atom. The molecule has 2 N–H and O–H groups in total. The third-order valence-corrected chi connectivity index (χ3v) is 4.34. The van der Waals surface area contributed by atoms with E-state index in [0.717, 1.165) is 24.1 Å². The molecule has 2 heterocycles. The Kier molecular flexibility index (Phi) is 3.44. The van der Waals surface area contributed by atoms with Gasteiger partial charge in [0.15, 0.2) is 0 Å². The van der Waals surface area contributed by atoms with Crippen LogP contribution in [0.2, 0.25) is 0 Å². The third-order valence-electron chi connectivity index (χ3n) is 4.34. The van der Waals surface area contributed by atoms with Crippen LogP contribution in [-0.2, 0) is 9.59 Å². The number of hydrogen-bond donors (Lipinski definition) is 2. The summed E-state index contributed by atoms with van der Waals surface area (Å²) in [6, 6.07) is 7.81. The molecule has 0 spiro atoms. The van der Waals surface area contributed by atoms with Crippen molar-refractivity contribution in [3.05, 3.63) is 29.8 Å². The molecule has 0 radical (unpaired) electrons. The fourth-order valence-electron chi connectivity index (χ4n) is 3.28. The van der Waals surface area contributed by atoms with Gasteiger partial charge in [0.25, 0.3) is 0 Å². The summed E-state index contributed by atoms with van der Waals surface area (Å²) in [5.41, 5.74) is 1.99. The summed E-state index contributed by atoms with van der Waals surface area (Å²) in [7, 11) is 0. The molecule has 5 heteroatoms. The van der Waals surface area contributed by atoms with Crippen molar-refractivity contribution in [2.75, 3.05) is 25.0 Å². The summed E-state index contributed by atoms with van der Waals surface area (Å²) in [6.07, 6.45) is 1.61. The van der Waals surface area contributed by atoms with Gasteiger partial charge in [-0.1, -0.05) is 18.2 Å². The van der Waals surface area contributed by atoms with E-state index in [1.165, 1.54) is 0 Å². The summed E-state index contributed by atoms with van der Waals surface area (Å²) >= 11 is 0. The van der Waals surface area contributed by atoms with Crippen molar-refractivity contribution in [3.8, 4) is 0 Å². The number of piperidine rings is 1. The summed E-state index contributed by atoms with van der Waals surface area (Å²) < 4.78 is 0. The zero-order valence-corrected chi connectivity index (χ0v) is 11.2. The Hall–Kier alpha value is -1.88. The summed E-state index contributed by atoms with van der Waals surface area (Å²) in [5.74, 6) is 0.0110. The van der Waals surface area contributed by atoms with Gasteiger partial charge in [-0.15, -0.1) is 0 Å². The maximum absolute atomic E-state index is 12.2. The lowest BCUT2D eigenvalue weighted by Crippen LogP contribution is -2.41. The molecule has 2 amide bonds. The van der Waals surface area contributed by atoms with E-state index in [-0.39, 0.29) is 23.7 Å². The lowest BCUT2D eigenvalue weighted by molar-refractivity contribution is -0.135. The highest BCUT2D eigenvalue weighted by Gasteiger charge is 2.38. The molecule has 5 nitrogen and oxygen atoms in total. The van der Waals surface area contributed by atoms with Gasteiger partial charge in [-0.3, -0.25) is 9.59 Å². The minimum atomic E-state index is -0.433. The molecule has 1 aromatic carbocycles. The molecule has 1 unspecified atom stereocenters. The molecule has 1 aromatic rings. The van der Waals surface area contributed by atoms with Gasteiger partial charge in [0.05, 0.1) is 5.92 Å². The smallest absolute Gasteiger partial charge is 0.248 e. The Labute approximate surface area is 117 Å². The second kappa shape index (κ2) is 5.25. The Morgan fingerprint density at radius 1 is 1.30 bits per heavy atom. The Bertz CT molecular complexity index is 536. The van der Waals surface area contributed by atoms with Gasteiger partial charge >= 0.3 is 0 Å². The molecular formula is C15H18N2O3. The highest BCUT2D eigenvalue weighted by molar-refractivity contribution is 6.03. The Balaban J connectivity index is 1.73. The number of carbonyl (C=O) groups excluding carboxylic acids is 2. The molecule has 1 saturated heterocycles. The SMILES string of the molecule is O=C1Nc2ccccc2C1C1CCN(C(=O)CO)CC1. The first-order valence-corrected chi connectivity index (χ1v) is 6.99. The van der Waals surface area contributed by atoms with E-state index >= 15 is 0 Å². The maximum Gasteiger partial charge on any atom is 0.248 e. The van der Waals surface area contributed by atoms with Crippen molar-refractivity contribution < 1.29 is 14.7 Å². The van der Waals surface area contributed by atoms with E-state index in [1.807, 2.05) is 24.3 Å². The first-order chi connectivity index (χ1) is 9.70. The van der Waals surface area contributed by atoms with Gasteiger partial charge in [-0.05, 0) is 30.4 Å². The number of fused-ring (bicyclic) bond motifs is 1. The van der Waals surface area contributed by atoms with E-state index in [4.69, 9.17) is 5.11 Å². The van der Waals surface area contributed by atoms with Crippen LogP contribution in [0.15, 0.2) is 24.3 Å². The molecule has 1 fully saturated rings. The highest BCUT2D eigenvalue weighted by Crippen LogP contribution is 2.41. The van der Waals surface area contributed by atoms with Crippen LogP contribution in [0.4, 0.5) is 5.69 Å². The number of para-hydroxylation sites is 1. The number of nitrogens with zero attached hydrogens (tertiary/aromatic N) is 1. The standard InChI is InChI=1S/C15H18N2O3/c18-9-13(19)17-7-5-10(6-8-17)14-11-3-1-2-4-12(11)16-15(14)20/h1-4,10,14,18H,5-9H2,(H,16,20). The van der Waals surface area contributed by atoms with Crippen LogP contribution < -0.4 is 5.32 Å². The predicted octanol–water partition coefficient (Wildman–Crippen LogP) is 0.953. The minimum Gasteiger partial charge on any atom is -0.387 e. The van der Waals surface area contributed by atoms with Crippen molar-refractivity contribution in [3.63, 3.8) is 0 Å². The summed E-state index contributed by atoms with van der Waals surface area (Å²) in [5, 5.41) is 11.8. The minimum absolute atomic E-state index is 0.0677. The summed E-state index contributed by atoms with van der Waals surface area (Å²) in [4.78, 5) is 25.3. The lowest BCUT2D eigenvalue weighted by Gasteiger charge is -2.33. The van der Waals surface area contributed by atoms with Crippen LogP contribution in [0.3, 0.4) is 0 Å². The van der Waals surface area contributed by atoms with Crippen molar-refractivity contribution in [2.24, 2.45) is 5.92 Å². The van der Waals surface area contributed by atoms with E-state index in [1.54, 1.807) is 4.90 Å². The topological polar surface area (TPSA) is 69.6 Å². The van der Waals surface area contributed by atoms with Gasteiger partial charge in [-0.2, -0.15) is 0 Å². The second-order valence-corrected chi connectivity index (χ2v) is 5.43. The van der Waals surface area contributed by atoms with Gasteiger partial charge in [-0.25, -0.2) is 0 Å². The van der Waals surface area contributed by atoms with Crippen LogP contribution in [-0.4, -0.2) is 41.5 Å². The predicted molar refractivity (Wildman–Crippen MR) is 74.2 cm³/mol. The largest absolute Gasteiger partial charge is 0.387 e. The van der Waals surface area contributed by atoms with E-state index in [9.17, 15) is 9.59 Å². The molecule has 3 rings (SSSR count). The molecular weight excluding hydrogens is 256 g/mol. The number of nitrogens with one attached hydrogen (secondary N) is 1. The van der Waals surface area contributed by atoms with E-state index in [0.29, 0.717) is 13.1 Å². The van der Waals surface area contributed by atoms with E-state index < -0.39 is 6.61 Å². The number of aliphatic hydroxyl groups is 1. The van der Waals surface area contributed by atoms with Crippen LogP contribution in [0.5, 0.6) is 0 Å². The van der Waals surface area contributed by atoms with Crippen molar-refractivity contribution in [1.82, 2.24) is 4.90 Å². The fourth-order valence-corrected chi connectivity index (χ4v) is 3.28. The first-order valence-electron chi connectivity index (χ1n) is 6.99. The van der Waals surface area contributed by atoms with E-state index in [2.05, 4.69) is 5.32 Å². The van der Waals surface area contributed by atoms with Gasteiger partial charge < -0.3 is 15.3 Å².